The van der Waals surface area contributed by atoms with E-state index in [1.807, 2.05) is 0 Å². The van der Waals surface area contributed by atoms with Crippen LogP contribution in [0, 0.1) is 5.82 Å². The molecule has 7 heteroatoms. The quantitative estimate of drug-likeness (QED) is 0.197. The van der Waals surface area contributed by atoms with E-state index < -0.39 is 23.7 Å². The second-order valence-corrected chi connectivity index (χ2v) is 7.95. The van der Waals surface area contributed by atoms with Crippen LogP contribution in [-0.4, -0.2) is 24.5 Å². The number of ether oxygens (including phenoxy) is 3. The molecule has 3 rings (SSSR count). The minimum Gasteiger partial charge on any atom is -0.462 e. The van der Waals surface area contributed by atoms with Crippen LogP contribution in [0.2, 0.25) is 0 Å². The average molecular weight is 501 g/mol. The number of halogens is 1. The van der Waals surface area contributed by atoms with Gasteiger partial charge in [0.05, 0.1) is 6.61 Å². The fraction of sp³-hybridized carbons (Fsp3) is 0.100. The molecule has 0 bridgehead atoms. The maximum atomic E-state index is 14.7. The largest absolute Gasteiger partial charge is 0.462 e. The summed E-state index contributed by atoms with van der Waals surface area (Å²) in [6.45, 7) is 8.66. The molecule has 3 aromatic carbocycles. The molecule has 188 valence electrons. The Morgan fingerprint density at radius 3 is 2.11 bits per heavy atom. The summed E-state index contributed by atoms with van der Waals surface area (Å²) in [6, 6.07) is 17.8. The number of hydrogen-bond donors (Lipinski definition) is 0. The molecular weight excluding hydrogens is 475 g/mol. The summed E-state index contributed by atoms with van der Waals surface area (Å²) in [4.78, 5) is 34.8. The van der Waals surface area contributed by atoms with E-state index in [4.69, 9.17) is 14.2 Å². The zero-order valence-corrected chi connectivity index (χ0v) is 20.2. The summed E-state index contributed by atoms with van der Waals surface area (Å²) in [6.07, 6.45) is 4.24. The Kier molecular flexibility index (Phi) is 9.27. The van der Waals surface area contributed by atoms with Crippen molar-refractivity contribution in [3.63, 3.8) is 0 Å². The van der Waals surface area contributed by atoms with Gasteiger partial charge in [0, 0.05) is 29.7 Å². The van der Waals surface area contributed by atoms with Gasteiger partial charge in [0.2, 0.25) is 0 Å². The van der Waals surface area contributed by atoms with E-state index in [0.29, 0.717) is 40.2 Å². The van der Waals surface area contributed by atoms with Crippen molar-refractivity contribution in [3.8, 4) is 22.6 Å². The third-order valence-corrected chi connectivity index (χ3v) is 5.07. The van der Waals surface area contributed by atoms with Crippen molar-refractivity contribution < 1.29 is 33.0 Å². The molecule has 0 saturated carbocycles. The monoisotopic (exact) mass is 500 g/mol. The highest BCUT2D eigenvalue weighted by Crippen LogP contribution is 2.26. The van der Waals surface area contributed by atoms with Crippen LogP contribution in [0.25, 0.3) is 17.2 Å². The molecule has 0 heterocycles. The minimum absolute atomic E-state index is 0.222. The van der Waals surface area contributed by atoms with Crippen LogP contribution in [0.1, 0.15) is 18.1 Å². The lowest BCUT2D eigenvalue weighted by atomic mass is 10.0. The second-order valence-electron chi connectivity index (χ2n) is 7.95. The maximum absolute atomic E-state index is 14.7. The average Bonchev–Trinajstić information content (AvgIpc) is 2.89. The van der Waals surface area contributed by atoms with E-state index in [2.05, 4.69) is 13.2 Å². The van der Waals surface area contributed by atoms with Crippen molar-refractivity contribution >= 4 is 24.0 Å². The Morgan fingerprint density at radius 1 is 0.892 bits per heavy atom. The summed E-state index contributed by atoms with van der Waals surface area (Å²) < 4.78 is 30.1. The Labute approximate surface area is 214 Å². The van der Waals surface area contributed by atoms with Crippen LogP contribution in [0.15, 0.2) is 97.6 Å². The smallest absolute Gasteiger partial charge is 0.336 e. The second kappa shape index (κ2) is 12.8. The fourth-order valence-electron chi connectivity index (χ4n) is 3.15. The molecule has 0 spiro atoms. The summed E-state index contributed by atoms with van der Waals surface area (Å²) >= 11 is 0. The summed E-state index contributed by atoms with van der Waals surface area (Å²) in [5, 5.41) is 0. The van der Waals surface area contributed by atoms with E-state index in [1.165, 1.54) is 18.2 Å². The number of carbonyl (C=O) groups is 3. The molecule has 0 N–H and O–H groups in total. The summed E-state index contributed by atoms with van der Waals surface area (Å²) in [5.41, 5.74) is 2.69. The standard InChI is InChI=1S/C30H25FO6/c1-4-28(32)36-25-13-9-23(10-14-25)26-15-7-22(19-27(26)31)8-16-29(33)37-24-11-5-21(6-12-24)17-18-35-30(34)20(2)3/h4-16,19H,1-2,17-18H2,3H3. The lowest BCUT2D eigenvalue weighted by Crippen LogP contribution is -2.08. The molecule has 0 fully saturated rings. The van der Waals surface area contributed by atoms with E-state index >= 15 is 0 Å². The molecule has 0 radical (unpaired) electrons. The molecular formula is C30H25FO6. The number of rotatable bonds is 10. The Bertz CT molecular complexity index is 1340. The van der Waals surface area contributed by atoms with Crippen molar-refractivity contribution in [1.29, 1.82) is 0 Å². The Balaban J connectivity index is 1.55. The first-order valence-electron chi connectivity index (χ1n) is 11.3. The highest BCUT2D eigenvalue weighted by Gasteiger charge is 2.08. The zero-order chi connectivity index (χ0) is 26.8. The highest BCUT2D eigenvalue weighted by atomic mass is 19.1. The predicted molar refractivity (Wildman–Crippen MR) is 138 cm³/mol. The molecule has 37 heavy (non-hydrogen) atoms. The third-order valence-electron chi connectivity index (χ3n) is 5.07. The molecule has 0 saturated heterocycles. The lowest BCUT2D eigenvalue weighted by Gasteiger charge is -2.07. The van der Waals surface area contributed by atoms with E-state index in [1.54, 1.807) is 67.6 Å². The molecule has 3 aromatic rings. The molecule has 0 aliphatic heterocycles. The van der Waals surface area contributed by atoms with E-state index in [-0.39, 0.29) is 6.61 Å². The normalized spacial score (nSPS) is 10.5. The molecule has 0 aromatic heterocycles. The molecule has 0 unspecified atom stereocenters. The summed E-state index contributed by atoms with van der Waals surface area (Å²) in [7, 11) is 0. The number of esters is 3. The van der Waals surface area contributed by atoms with E-state index in [9.17, 15) is 18.8 Å². The molecule has 0 atom stereocenters. The van der Waals surface area contributed by atoms with Crippen LogP contribution < -0.4 is 9.47 Å². The zero-order valence-electron chi connectivity index (χ0n) is 20.2. The highest BCUT2D eigenvalue weighted by molar-refractivity contribution is 5.89. The summed E-state index contributed by atoms with van der Waals surface area (Å²) in [5.74, 6) is -1.43. The van der Waals surface area contributed by atoms with Crippen LogP contribution >= 0.6 is 0 Å². The van der Waals surface area contributed by atoms with Crippen molar-refractivity contribution in [2.24, 2.45) is 0 Å². The predicted octanol–water partition coefficient (Wildman–Crippen LogP) is 5.86. The van der Waals surface area contributed by atoms with Gasteiger partial charge in [-0.25, -0.2) is 18.8 Å². The Morgan fingerprint density at radius 2 is 1.51 bits per heavy atom. The van der Waals surface area contributed by atoms with Crippen molar-refractivity contribution in [2.45, 2.75) is 13.3 Å². The number of hydrogen-bond acceptors (Lipinski definition) is 6. The van der Waals surface area contributed by atoms with Gasteiger partial charge < -0.3 is 14.2 Å². The molecule has 0 aliphatic rings. The van der Waals surface area contributed by atoms with Gasteiger partial charge in [-0.1, -0.05) is 49.6 Å². The fourth-order valence-corrected chi connectivity index (χ4v) is 3.15. The molecule has 0 amide bonds. The van der Waals surface area contributed by atoms with Gasteiger partial charge in [-0.3, -0.25) is 0 Å². The lowest BCUT2D eigenvalue weighted by molar-refractivity contribution is -0.139. The van der Waals surface area contributed by atoms with Gasteiger partial charge >= 0.3 is 17.9 Å². The Hall–Kier alpha value is -4.78. The maximum Gasteiger partial charge on any atom is 0.336 e. The first-order valence-corrected chi connectivity index (χ1v) is 11.3. The van der Waals surface area contributed by atoms with Crippen LogP contribution in [0.3, 0.4) is 0 Å². The van der Waals surface area contributed by atoms with Gasteiger partial charge in [0.15, 0.2) is 0 Å². The van der Waals surface area contributed by atoms with Crippen LogP contribution in [-0.2, 0) is 25.5 Å². The van der Waals surface area contributed by atoms with Gasteiger partial charge in [-0.05, 0) is 60.0 Å². The number of carbonyl (C=O) groups excluding carboxylic acids is 3. The van der Waals surface area contributed by atoms with Gasteiger partial charge in [-0.15, -0.1) is 0 Å². The topological polar surface area (TPSA) is 78.9 Å². The first-order chi connectivity index (χ1) is 17.7. The van der Waals surface area contributed by atoms with Gasteiger partial charge in [0.25, 0.3) is 0 Å². The van der Waals surface area contributed by atoms with Gasteiger partial charge in [-0.2, -0.15) is 0 Å². The SMILES string of the molecule is C=CC(=O)Oc1ccc(-c2ccc(C=CC(=O)Oc3ccc(CCOC(=O)C(=C)C)cc3)cc2F)cc1. The van der Waals surface area contributed by atoms with Crippen LogP contribution in [0.4, 0.5) is 4.39 Å². The molecule has 6 nitrogen and oxygen atoms in total. The third kappa shape index (κ3) is 8.14. The molecule has 0 aliphatic carbocycles. The van der Waals surface area contributed by atoms with Crippen molar-refractivity contribution in [1.82, 2.24) is 0 Å². The van der Waals surface area contributed by atoms with Crippen molar-refractivity contribution in [3.05, 3.63) is 115 Å². The van der Waals surface area contributed by atoms with E-state index in [0.717, 1.165) is 11.6 Å². The first kappa shape index (κ1) is 26.8. The van der Waals surface area contributed by atoms with Crippen molar-refractivity contribution in [2.75, 3.05) is 6.61 Å². The van der Waals surface area contributed by atoms with Gasteiger partial charge in [0.1, 0.15) is 17.3 Å². The van der Waals surface area contributed by atoms with Crippen LogP contribution in [0.5, 0.6) is 11.5 Å². The number of benzene rings is 3. The minimum atomic E-state index is -0.614.